The quantitative estimate of drug-likeness (QED) is 0.0801. The number of furan rings is 2. The van der Waals surface area contributed by atoms with Crippen LogP contribution in [0.4, 0.5) is 0 Å². The van der Waals surface area contributed by atoms with Crippen LogP contribution in [0.2, 0.25) is 0 Å². The average Bonchev–Trinajstić information content (AvgIpc) is 0.737. The Kier molecular flexibility index (Phi) is 23.7. The molecule has 1 aliphatic heterocycles. The normalized spacial score (nSPS) is 20.4. The van der Waals surface area contributed by atoms with Crippen molar-refractivity contribution in [2.24, 2.45) is 23.7 Å². The van der Waals surface area contributed by atoms with Gasteiger partial charge in [0.05, 0.1) is 0 Å². The zero-order chi connectivity index (χ0) is 101. The second kappa shape index (κ2) is 36.2. The second-order valence-corrected chi connectivity index (χ2v) is 49.1. The highest BCUT2D eigenvalue weighted by atomic mass is 16.3. The molecule has 2 nitrogen and oxygen atoms in total. The lowest BCUT2D eigenvalue weighted by molar-refractivity contribution is -0.0283. The molecule has 8 bridgehead atoms. The molecule has 27 rings (SSSR count). The lowest BCUT2D eigenvalue weighted by atomic mass is 9.34. The molecule has 0 saturated heterocycles. The molecule has 8 saturated carbocycles. The van der Waals surface area contributed by atoms with E-state index in [2.05, 4.69) is 431 Å². The van der Waals surface area contributed by atoms with Gasteiger partial charge in [0.2, 0.25) is 26.9 Å². The maximum absolute atomic E-state index is 6.62. The Bertz CT molecular complexity index is 7930. The monoisotopic (exact) mass is 1900 g/mol. The van der Waals surface area contributed by atoms with Crippen LogP contribution in [0.25, 0.3) is 77.3 Å². The second-order valence-electron chi connectivity index (χ2n) is 49.1. The summed E-state index contributed by atoms with van der Waals surface area (Å²) in [6, 6.07) is 110. The van der Waals surface area contributed by atoms with Gasteiger partial charge in [0.25, 0.3) is 0 Å². The molecular formula is C140H142B4O2. The Morgan fingerprint density at radius 1 is 0.247 bits per heavy atom. The van der Waals surface area contributed by atoms with E-state index in [-0.39, 0.29) is 48.5 Å². The molecule has 6 heteroatoms. The molecule has 4 unspecified atom stereocenters. The fourth-order valence-corrected chi connectivity index (χ4v) is 33.3. The zero-order valence-electron chi connectivity index (χ0n) is 90.6. The van der Waals surface area contributed by atoms with Crippen LogP contribution in [0.1, 0.15) is 250 Å². The number of benzene rings is 16. The van der Waals surface area contributed by atoms with Crippen LogP contribution >= 0.6 is 0 Å². The number of hydrogen-bond donors (Lipinski definition) is 0. The largest absolute Gasteiger partial charge is 0.456 e. The maximum atomic E-state index is 6.62. The number of hydrogen-bond acceptors (Lipinski definition) is 2. The molecule has 8 fully saturated rings. The predicted molar refractivity (Wildman–Crippen MR) is 630 cm³/mol. The van der Waals surface area contributed by atoms with Crippen molar-refractivity contribution in [1.29, 1.82) is 0 Å². The molecule has 726 valence electrons. The van der Waals surface area contributed by atoms with Crippen LogP contribution in [0.5, 0.6) is 0 Å². The summed E-state index contributed by atoms with van der Waals surface area (Å²) in [4.78, 5) is 0. The first-order valence-electron chi connectivity index (χ1n) is 55.2. The summed E-state index contributed by atoms with van der Waals surface area (Å²) in [5.74, 6) is 3.98. The minimum Gasteiger partial charge on any atom is -0.456 e. The molecule has 16 aromatic carbocycles. The fraction of sp³-hybridized carbons (Fsp3) is 0.314. The molecule has 2 aromatic heterocycles. The summed E-state index contributed by atoms with van der Waals surface area (Å²) in [6.07, 6.45) is 15.9. The van der Waals surface area contributed by atoms with Gasteiger partial charge < -0.3 is 8.83 Å². The smallest absolute Gasteiger partial charge is 0.243 e. The van der Waals surface area contributed by atoms with Gasteiger partial charge in [-0.05, 0) is 362 Å². The van der Waals surface area contributed by atoms with Crippen LogP contribution in [-0.2, 0) is 21.7 Å². The highest BCUT2D eigenvalue weighted by Crippen LogP contribution is 2.68. The molecule has 146 heavy (non-hydrogen) atoms. The van der Waals surface area contributed by atoms with E-state index in [1.54, 1.807) is 38.8 Å². The van der Waals surface area contributed by atoms with Crippen LogP contribution < -0.4 is 65.6 Å². The fourth-order valence-electron chi connectivity index (χ4n) is 33.3. The van der Waals surface area contributed by atoms with Crippen molar-refractivity contribution in [2.75, 3.05) is 0 Å². The van der Waals surface area contributed by atoms with Crippen molar-refractivity contribution in [3.8, 4) is 33.4 Å². The molecule has 9 aliphatic rings. The Labute approximate surface area is 871 Å². The van der Waals surface area contributed by atoms with Crippen molar-refractivity contribution in [1.82, 2.24) is 0 Å². The van der Waals surface area contributed by atoms with Gasteiger partial charge in [0, 0.05) is 21.5 Å². The number of fused-ring (bicyclic) bond motifs is 9. The van der Waals surface area contributed by atoms with Crippen LogP contribution in [0.3, 0.4) is 0 Å². The third-order valence-electron chi connectivity index (χ3n) is 37.7. The maximum Gasteiger partial charge on any atom is 0.243 e. The first-order valence-corrected chi connectivity index (χ1v) is 55.2. The predicted octanol–water partition coefficient (Wildman–Crippen LogP) is 27.9. The van der Waals surface area contributed by atoms with E-state index in [1.807, 2.05) is 0 Å². The van der Waals surface area contributed by atoms with Gasteiger partial charge in [-0.1, -0.05) is 436 Å². The lowest BCUT2D eigenvalue weighted by Gasteiger charge is -2.63. The van der Waals surface area contributed by atoms with Crippen molar-refractivity contribution in [3.05, 3.63) is 413 Å². The summed E-state index contributed by atoms with van der Waals surface area (Å²) in [7, 11) is 0. The van der Waals surface area contributed by atoms with Crippen molar-refractivity contribution >= 4 is 136 Å². The zero-order valence-corrected chi connectivity index (χ0v) is 90.6. The van der Waals surface area contributed by atoms with Gasteiger partial charge in [-0.2, -0.15) is 0 Å². The molecule has 0 amide bonds. The molecule has 18 aromatic rings. The first kappa shape index (κ1) is 95.6. The van der Waals surface area contributed by atoms with E-state index in [0.717, 1.165) is 46.0 Å². The van der Waals surface area contributed by atoms with Gasteiger partial charge in [-0.25, -0.2) is 0 Å². The third-order valence-corrected chi connectivity index (χ3v) is 37.7. The van der Waals surface area contributed by atoms with Gasteiger partial charge in [-0.15, -0.1) is 0 Å². The Morgan fingerprint density at radius 2 is 0.486 bits per heavy atom. The summed E-state index contributed by atoms with van der Waals surface area (Å²) < 4.78 is 13.2. The van der Waals surface area contributed by atoms with E-state index in [9.17, 15) is 0 Å². The Balaban J connectivity index is 0.000000156. The highest BCUT2D eigenvalue weighted by molar-refractivity contribution is 7.00. The summed E-state index contributed by atoms with van der Waals surface area (Å²) >= 11 is 0. The number of rotatable bonds is 18. The minimum absolute atomic E-state index is 0.108. The van der Waals surface area contributed by atoms with Crippen LogP contribution in [0, 0.1) is 148 Å². The van der Waals surface area contributed by atoms with Crippen molar-refractivity contribution in [3.63, 3.8) is 0 Å². The molecule has 8 aliphatic carbocycles. The topological polar surface area (TPSA) is 26.3 Å². The number of aryl methyl sites for hydroxylation is 18. The molecular weight excluding hydrogens is 1760 g/mol. The Morgan fingerprint density at radius 3 is 0.774 bits per heavy atom. The van der Waals surface area contributed by atoms with Crippen LogP contribution in [0.15, 0.2) is 288 Å². The van der Waals surface area contributed by atoms with E-state index in [4.69, 9.17) is 8.83 Å². The molecule has 3 heterocycles. The van der Waals surface area contributed by atoms with E-state index in [0.29, 0.717) is 11.8 Å². The van der Waals surface area contributed by atoms with Gasteiger partial charge in [0.15, 0.2) is 0 Å². The third kappa shape index (κ3) is 16.2. The van der Waals surface area contributed by atoms with E-state index >= 15 is 0 Å². The van der Waals surface area contributed by atoms with Gasteiger partial charge in [-0.3, -0.25) is 0 Å². The van der Waals surface area contributed by atoms with Crippen molar-refractivity contribution < 1.29 is 8.83 Å². The van der Waals surface area contributed by atoms with Crippen LogP contribution in [-0.4, -0.2) is 26.9 Å². The molecule has 0 radical (unpaired) electrons. The van der Waals surface area contributed by atoms with E-state index < -0.39 is 0 Å². The average molecular weight is 1900 g/mol. The SMILES string of the molecule is Cc1cc(C)c(B(c2ccc(C34CC5CC(C3)CC(c3ccc(-c6ccc7oc8ccc(B(c9c(C)cc(C)cc9C)c9c(C)cc(C)cc9C)cc8c7c6)cc3)(C5)C4)cc2)c2c(C)cc(C)cc2C)c(C)c1.Cc1cc(C)c(B(c2ccc3oc4ccc(-c5ccc(C67CC8CC(C6)CC(c6cc(C(C)C)c(B9c%10ccccc%10-c%10ccccc%109)c(C(C)C)c6)(C8)C7)cc5)cc4c3c2)c2c(C)cc(C)cc2C)c(C)c1. The minimum atomic E-state index is 0.108. The standard InChI is InChI=1S/C70H70B2O.C70H72B2O/c1-41(2)58-33-54(34-59(42(3)4)68(58)72-62-17-13-11-15-56(62)57-16-12-14-18-63(57)72)70-38-49-31-50(39-70)37-69(36-49,40-70)53-22-19-51(20-23-53)52-21-25-64-60(32-52)61-35-55(24-26-65(61)73-64)71(66-45(7)27-43(5)28-46(66)8)67-47(9)29-44(6)30-48(67)10;1-41-25-45(5)65(46(6)26-41)71(66-47(7)27-42(2)28-48(66)8)59-20-18-58(19-21-59)70-38-53-33-54(39-70)37-69(36-53,40-70)57-16-13-55(14-17-57)56-15-23-63-61(34-56)62-35-60(22-24-64(62)73-63)72(67-49(9)29-43(3)30-50(67)10)68-51(11)31-44(4)32-52(68)12/h11-30,32-35,41-42,49-50H,31,36-40H2,1-10H3;13-32,34-35,53-54H,33,36-40H2,1-12H3. The lowest BCUT2D eigenvalue weighted by Crippen LogP contribution is -2.57. The summed E-state index contributed by atoms with van der Waals surface area (Å²) in [5, 5.41) is 4.74. The van der Waals surface area contributed by atoms with Gasteiger partial charge in [0.1, 0.15) is 22.3 Å². The highest BCUT2D eigenvalue weighted by Gasteiger charge is 2.61. The molecule has 0 spiro atoms. The summed E-state index contributed by atoms with van der Waals surface area (Å²) in [6.45, 7) is 51.5. The van der Waals surface area contributed by atoms with Crippen molar-refractivity contribution in [2.45, 2.75) is 263 Å². The van der Waals surface area contributed by atoms with Gasteiger partial charge >= 0.3 is 0 Å². The Hall–Kier alpha value is -12.6. The summed E-state index contributed by atoms with van der Waals surface area (Å²) in [5.41, 5.74) is 63.3. The molecule has 0 N–H and O–H groups in total. The van der Waals surface area contributed by atoms with E-state index in [1.165, 1.54) is 292 Å². The molecule has 4 atom stereocenters. The first-order chi connectivity index (χ1) is 70.1.